The molecule has 0 atom stereocenters. The van der Waals surface area contributed by atoms with E-state index in [1.54, 1.807) is 0 Å². The van der Waals surface area contributed by atoms with Crippen LogP contribution >= 0.6 is 11.6 Å². The molecule has 2 nitrogen and oxygen atoms in total. The third-order valence-corrected chi connectivity index (χ3v) is 3.61. The number of nitrogens with two attached hydrogens (primary N) is 1. The summed E-state index contributed by atoms with van der Waals surface area (Å²) in [5.41, 5.74) is 10.3. The van der Waals surface area contributed by atoms with E-state index in [0.29, 0.717) is 0 Å². The number of hydrogen-bond acceptors (Lipinski definition) is 1. The highest BCUT2D eigenvalue weighted by molar-refractivity contribution is 6.30. The van der Waals surface area contributed by atoms with E-state index in [4.69, 9.17) is 17.3 Å². The van der Waals surface area contributed by atoms with Crippen molar-refractivity contribution in [3.63, 3.8) is 0 Å². The van der Waals surface area contributed by atoms with Gasteiger partial charge in [0, 0.05) is 29.0 Å². The second-order valence-electron chi connectivity index (χ2n) is 4.85. The number of aryl methyl sites for hydroxylation is 1. The molecule has 0 saturated carbocycles. The Morgan fingerprint density at radius 1 is 1.11 bits per heavy atom. The minimum absolute atomic E-state index is 0.719. The minimum atomic E-state index is 0.719. The van der Waals surface area contributed by atoms with E-state index >= 15 is 0 Å². The van der Waals surface area contributed by atoms with Gasteiger partial charge in [0.15, 0.2) is 0 Å². The number of benzene rings is 2. The summed E-state index contributed by atoms with van der Waals surface area (Å²) in [6.45, 7) is 2.84. The zero-order chi connectivity index (χ0) is 13.4. The highest BCUT2D eigenvalue weighted by atomic mass is 35.5. The number of halogens is 1. The molecule has 0 fully saturated rings. The number of anilines is 1. The summed E-state index contributed by atoms with van der Waals surface area (Å²) in [5, 5.41) is 1.97. The molecule has 1 aromatic heterocycles. The van der Waals surface area contributed by atoms with Crippen molar-refractivity contribution in [2.24, 2.45) is 0 Å². The van der Waals surface area contributed by atoms with Crippen LogP contribution in [-0.2, 0) is 6.54 Å². The first-order valence-corrected chi connectivity index (χ1v) is 6.61. The average molecular weight is 271 g/mol. The van der Waals surface area contributed by atoms with Gasteiger partial charge in [0.05, 0.1) is 0 Å². The first kappa shape index (κ1) is 12.1. The van der Waals surface area contributed by atoms with Crippen LogP contribution < -0.4 is 5.73 Å². The number of fused-ring (bicyclic) bond motifs is 1. The lowest BCUT2D eigenvalue weighted by Crippen LogP contribution is -2.01. The molecule has 0 aliphatic rings. The van der Waals surface area contributed by atoms with Gasteiger partial charge in [0.2, 0.25) is 0 Å². The van der Waals surface area contributed by atoms with Crippen molar-refractivity contribution >= 4 is 28.2 Å². The standard InChI is InChI=1S/C16H15ClN2/c1-11-2-5-16-12(8-11)6-7-19(16)10-13-9-14(17)3-4-15(13)18/h2-9H,10,18H2,1H3. The van der Waals surface area contributed by atoms with E-state index in [9.17, 15) is 0 Å². The van der Waals surface area contributed by atoms with Crippen molar-refractivity contribution in [2.75, 3.05) is 5.73 Å². The van der Waals surface area contributed by atoms with Crippen molar-refractivity contribution in [3.05, 3.63) is 64.8 Å². The van der Waals surface area contributed by atoms with Gasteiger partial charge >= 0.3 is 0 Å². The van der Waals surface area contributed by atoms with Gasteiger partial charge in [0.25, 0.3) is 0 Å². The van der Waals surface area contributed by atoms with Gasteiger partial charge in [-0.15, -0.1) is 0 Å². The third-order valence-electron chi connectivity index (χ3n) is 3.37. The molecule has 2 N–H and O–H groups in total. The topological polar surface area (TPSA) is 30.9 Å². The first-order chi connectivity index (χ1) is 9.13. The molecule has 3 aromatic rings. The number of hydrogen-bond donors (Lipinski definition) is 1. The van der Waals surface area contributed by atoms with Gasteiger partial charge in [-0.2, -0.15) is 0 Å². The highest BCUT2D eigenvalue weighted by Gasteiger charge is 2.05. The summed E-state index contributed by atoms with van der Waals surface area (Å²) in [6, 6.07) is 14.2. The molecule has 3 rings (SSSR count). The summed E-state index contributed by atoms with van der Waals surface area (Å²) >= 11 is 6.03. The summed E-state index contributed by atoms with van der Waals surface area (Å²) in [4.78, 5) is 0. The lowest BCUT2D eigenvalue weighted by Gasteiger charge is -2.09. The Kier molecular flexibility index (Phi) is 2.96. The van der Waals surface area contributed by atoms with Gasteiger partial charge in [-0.25, -0.2) is 0 Å². The van der Waals surface area contributed by atoms with Gasteiger partial charge in [0.1, 0.15) is 0 Å². The summed E-state index contributed by atoms with van der Waals surface area (Å²) in [5.74, 6) is 0. The van der Waals surface area contributed by atoms with E-state index < -0.39 is 0 Å². The van der Waals surface area contributed by atoms with Gasteiger partial charge < -0.3 is 10.3 Å². The predicted molar refractivity (Wildman–Crippen MR) is 81.6 cm³/mol. The smallest absolute Gasteiger partial charge is 0.0497 e. The Bertz CT molecular complexity index is 744. The van der Waals surface area contributed by atoms with Crippen LogP contribution in [0.1, 0.15) is 11.1 Å². The van der Waals surface area contributed by atoms with Crippen LogP contribution in [0.2, 0.25) is 5.02 Å². The Labute approximate surface area is 117 Å². The monoisotopic (exact) mass is 270 g/mol. The molecule has 96 valence electrons. The van der Waals surface area contributed by atoms with Crippen molar-refractivity contribution in [1.82, 2.24) is 4.57 Å². The summed E-state index contributed by atoms with van der Waals surface area (Å²) in [7, 11) is 0. The minimum Gasteiger partial charge on any atom is -0.398 e. The lowest BCUT2D eigenvalue weighted by molar-refractivity contribution is 0.839. The van der Waals surface area contributed by atoms with Crippen molar-refractivity contribution in [2.45, 2.75) is 13.5 Å². The van der Waals surface area contributed by atoms with Crippen molar-refractivity contribution in [1.29, 1.82) is 0 Å². The Morgan fingerprint density at radius 3 is 2.79 bits per heavy atom. The molecule has 3 heteroatoms. The molecule has 19 heavy (non-hydrogen) atoms. The van der Waals surface area contributed by atoms with Crippen LogP contribution in [0, 0.1) is 6.92 Å². The molecule has 0 saturated heterocycles. The molecule has 0 aliphatic heterocycles. The molecule has 2 aromatic carbocycles. The quantitative estimate of drug-likeness (QED) is 0.694. The zero-order valence-corrected chi connectivity index (χ0v) is 11.5. The van der Waals surface area contributed by atoms with Crippen LogP contribution in [0.5, 0.6) is 0 Å². The Balaban J connectivity index is 2.03. The maximum absolute atomic E-state index is 6.03. The second-order valence-corrected chi connectivity index (χ2v) is 5.29. The molecular weight excluding hydrogens is 256 g/mol. The molecular formula is C16H15ClN2. The molecule has 0 radical (unpaired) electrons. The lowest BCUT2D eigenvalue weighted by atomic mass is 10.1. The Hall–Kier alpha value is -1.93. The van der Waals surface area contributed by atoms with Gasteiger partial charge in [-0.1, -0.05) is 23.2 Å². The average Bonchev–Trinajstić information content (AvgIpc) is 2.76. The van der Waals surface area contributed by atoms with E-state index in [0.717, 1.165) is 22.8 Å². The first-order valence-electron chi connectivity index (χ1n) is 6.23. The van der Waals surface area contributed by atoms with E-state index in [2.05, 4.69) is 42.0 Å². The molecule has 0 aliphatic carbocycles. The van der Waals surface area contributed by atoms with Crippen molar-refractivity contribution < 1.29 is 0 Å². The number of nitrogens with zero attached hydrogens (tertiary/aromatic N) is 1. The maximum atomic E-state index is 6.03. The van der Waals surface area contributed by atoms with E-state index in [1.807, 2.05) is 18.2 Å². The van der Waals surface area contributed by atoms with Gasteiger partial charge in [-0.05, 0) is 54.3 Å². The van der Waals surface area contributed by atoms with Gasteiger partial charge in [-0.3, -0.25) is 0 Å². The molecule has 0 unspecified atom stereocenters. The number of aromatic nitrogens is 1. The van der Waals surface area contributed by atoms with E-state index in [1.165, 1.54) is 16.5 Å². The maximum Gasteiger partial charge on any atom is 0.0497 e. The second kappa shape index (κ2) is 4.63. The number of nitrogen functional groups attached to an aromatic ring is 1. The fraction of sp³-hybridized carbons (Fsp3) is 0.125. The van der Waals surface area contributed by atoms with Crippen LogP contribution in [0.25, 0.3) is 10.9 Å². The fourth-order valence-corrected chi connectivity index (χ4v) is 2.55. The fourth-order valence-electron chi connectivity index (χ4n) is 2.35. The van der Waals surface area contributed by atoms with Crippen LogP contribution in [0.15, 0.2) is 48.7 Å². The van der Waals surface area contributed by atoms with Crippen molar-refractivity contribution in [3.8, 4) is 0 Å². The molecule has 1 heterocycles. The normalized spacial score (nSPS) is 11.1. The molecule has 0 bridgehead atoms. The highest BCUT2D eigenvalue weighted by Crippen LogP contribution is 2.22. The third kappa shape index (κ3) is 2.32. The molecule has 0 amide bonds. The molecule has 0 spiro atoms. The predicted octanol–water partition coefficient (Wildman–Crippen LogP) is 4.23. The SMILES string of the molecule is Cc1ccc2c(ccn2Cc2cc(Cl)ccc2N)c1. The van der Waals surface area contributed by atoms with E-state index in [-0.39, 0.29) is 0 Å². The summed E-state index contributed by atoms with van der Waals surface area (Å²) < 4.78 is 2.19. The number of rotatable bonds is 2. The van der Waals surface area contributed by atoms with Crippen LogP contribution in [0.4, 0.5) is 5.69 Å². The summed E-state index contributed by atoms with van der Waals surface area (Å²) in [6.07, 6.45) is 2.09. The Morgan fingerprint density at radius 2 is 1.95 bits per heavy atom. The van der Waals surface area contributed by atoms with Crippen LogP contribution in [-0.4, -0.2) is 4.57 Å². The largest absolute Gasteiger partial charge is 0.398 e. The zero-order valence-electron chi connectivity index (χ0n) is 10.7. The van der Waals surface area contributed by atoms with Crippen LogP contribution in [0.3, 0.4) is 0 Å².